The van der Waals surface area contributed by atoms with E-state index in [2.05, 4.69) is 11.6 Å². The molecule has 6 heteroatoms. The van der Waals surface area contributed by atoms with Crippen LogP contribution in [0.3, 0.4) is 0 Å². The lowest BCUT2D eigenvalue weighted by Crippen LogP contribution is -2.35. The van der Waals surface area contributed by atoms with Gasteiger partial charge in [-0.05, 0) is 50.3 Å². The van der Waals surface area contributed by atoms with Crippen molar-refractivity contribution in [2.24, 2.45) is 5.41 Å². The van der Waals surface area contributed by atoms with Gasteiger partial charge in [-0.25, -0.2) is 5.48 Å². The molecule has 1 aliphatic carbocycles. The second-order valence-electron chi connectivity index (χ2n) is 7.24. The SMILES string of the molecule is C=C1/C=C\C(C(=O)NO)=C/CCC[C@@]2(CCN(Cc3ccccn3)C2=O)C1. The molecule has 142 valence electrons. The lowest BCUT2D eigenvalue weighted by Gasteiger charge is -2.28. The van der Waals surface area contributed by atoms with Crippen LogP contribution in [0.4, 0.5) is 0 Å². The first kappa shape index (κ1) is 19.0. The number of nitrogens with zero attached hydrogens (tertiary/aromatic N) is 2. The Labute approximate surface area is 159 Å². The highest BCUT2D eigenvalue weighted by Crippen LogP contribution is 2.43. The fourth-order valence-corrected chi connectivity index (χ4v) is 3.92. The number of hydrogen-bond acceptors (Lipinski definition) is 4. The lowest BCUT2D eigenvalue weighted by molar-refractivity contribution is -0.137. The summed E-state index contributed by atoms with van der Waals surface area (Å²) < 4.78 is 0. The lowest BCUT2D eigenvalue weighted by atomic mass is 9.75. The van der Waals surface area contributed by atoms with E-state index in [0.29, 0.717) is 25.0 Å². The monoisotopic (exact) mass is 367 g/mol. The van der Waals surface area contributed by atoms with Crippen LogP contribution in [0.5, 0.6) is 0 Å². The van der Waals surface area contributed by atoms with Crippen LogP contribution in [-0.4, -0.2) is 33.5 Å². The molecule has 27 heavy (non-hydrogen) atoms. The zero-order chi connectivity index (χ0) is 19.3. The zero-order valence-corrected chi connectivity index (χ0v) is 15.4. The Morgan fingerprint density at radius 1 is 1.33 bits per heavy atom. The average molecular weight is 367 g/mol. The molecule has 1 spiro atoms. The van der Waals surface area contributed by atoms with Gasteiger partial charge < -0.3 is 4.90 Å². The Hall–Kier alpha value is -2.73. The maximum absolute atomic E-state index is 13.2. The normalized spacial score (nSPS) is 26.6. The van der Waals surface area contributed by atoms with E-state index in [-0.39, 0.29) is 5.91 Å². The molecule has 2 aliphatic rings. The highest BCUT2D eigenvalue weighted by molar-refractivity contribution is 5.95. The molecule has 0 bridgehead atoms. The maximum atomic E-state index is 13.2. The first-order valence-corrected chi connectivity index (χ1v) is 9.24. The molecule has 1 atom stereocenters. The number of carbonyl (C=O) groups excluding carboxylic acids is 2. The first-order chi connectivity index (χ1) is 13.0. The largest absolute Gasteiger partial charge is 0.336 e. The molecule has 2 N–H and O–H groups in total. The van der Waals surface area contributed by atoms with E-state index in [4.69, 9.17) is 5.21 Å². The van der Waals surface area contributed by atoms with E-state index in [1.807, 2.05) is 23.1 Å². The van der Waals surface area contributed by atoms with Crippen molar-refractivity contribution in [1.82, 2.24) is 15.4 Å². The number of hydrogen-bond donors (Lipinski definition) is 2. The summed E-state index contributed by atoms with van der Waals surface area (Å²) in [6.45, 7) is 5.33. The van der Waals surface area contributed by atoms with Gasteiger partial charge in [0.1, 0.15) is 0 Å². The smallest absolute Gasteiger partial charge is 0.274 e. The van der Waals surface area contributed by atoms with Crippen LogP contribution in [-0.2, 0) is 16.1 Å². The Bertz CT molecular complexity index is 785. The highest BCUT2D eigenvalue weighted by atomic mass is 16.5. The molecular formula is C21H25N3O3. The number of amides is 2. The zero-order valence-electron chi connectivity index (χ0n) is 15.4. The standard InChI is InChI=1S/C21H25N3O3/c1-16-8-9-17(19(25)23-27)6-2-4-10-21(14-16)11-13-24(20(21)26)15-18-7-3-5-12-22-18/h3,5-9,12,27H,1-2,4,10-11,13-15H2,(H,23,25)/b9-8-,17-6+/t21-/m1/s1. The van der Waals surface area contributed by atoms with Crippen LogP contribution in [0.1, 0.15) is 37.8 Å². The maximum Gasteiger partial charge on any atom is 0.274 e. The number of aromatic nitrogens is 1. The first-order valence-electron chi connectivity index (χ1n) is 9.24. The predicted molar refractivity (Wildman–Crippen MR) is 101 cm³/mol. The molecule has 0 radical (unpaired) electrons. The minimum absolute atomic E-state index is 0.167. The Balaban J connectivity index is 1.74. The van der Waals surface area contributed by atoms with Crippen LogP contribution >= 0.6 is 0 Å². The van der Waals surface area contributed by atoms with Gasteiger partial charge in [0, 0.05) is 18.3 Å². The number of likely N-dealkylation sites (tertiary alicyclic amines) is 1. The molecule has 0 unspecified atom stereocenters. The van der Waals surface area contributed by atoms with Crippen LogP contribution in [0.25, 0.3) is 0 Å². The molecule has 1 aromatic heterocycles. The van der Waals surface area contributed by atoms with Crippen molar-refractivity contribution in [3.63, 3.8) is 0 Å². The molecule has 1 aromatic rings. The number of rotatable bonds is 3. The van der Waals surface area contributed by atoms with Gasteiger partial charge in [-0.1, -0.05) is 30.4 Å². The Morgan fingerprint density at radius 2 is 2.19 bits per heavy atom. The minimum Gasteiger partial charge on any atom is -0.336 e. The number of nitrogens with one attached hydrogen (secondary N) is 1. The fraction of sp³-hybridized carbons (Fsp3) is 0.381. The summed E-state index contributed by atoms with van der Waals surface area (Å²) in [4.78, 5) is 31.1. The van der Waals surface area contributed by atoms with Crippen molar-refractivity contribution in [2.45, 2.75) is 38.6 Å². The van der Waals surface area contributed by atoms with E-state index >= 15 is 0 Å². The van der Waals surface area contributed by atoms with Gasteiger partial charge in [0.25, 0.3) is 5.91 Å². The fourth-order valence-electron chi connectivity index (χ4n) is 3.92. The van der Waals surface area contributed by atoms with Crippen molar-refractivity contribution in [1.29, 1.82) is 0 Å². The van der Waals surface area contributed by atoms with Gasteiger partial charge >= 0.3 is 0 Å². The molecule has 2 heterocycles. The molecule has 0 aromatic carbocycles. The summed E-state index contributed by atoms with van der Waals surface area (Å²) in [5, 5.41) is 8.84. The van der Waals surface area contributed by atoms with Crippen molar-refractivity contribution in [3.8, 4) is 0 Å². The third-order valence-electron chi connectivity index (χ3n) is 5.33. The molecule has 6 nitrogen and oxygen atoms in total. The van der Waals surface area contributed by atoms with Gasteiger partial charge in [-0.3, -0.25) is 19.8 Å². The number of carbonyl (C=O) groups is 2. The average Bonchev–Trinajstić information content (AvgIpc) is 2.97. The van der Waals surface area contributed by atoms with E-state index in [9.17, 15) is 9.59 Å². The molecule has 2 amide bonds. The molecule has 3 rings (SSSR count). The van der Waals surface area contributed by atoms with Gasteiger partial charge in [-0.2, -0.15) is 0 Å². The van der Waals surface area contributed by atoms with Crippen LogP contribution in [0.2, 0.25) is 0 Å². The third kappa shape index (κ3) is 4.34. The molecule has 1 fully saturated rings. The van der Waals surface area contributed by atoms with Gasteiger partial charge in [-0.15, -0.1) is 0 Å². The second-order valence-corrected chi connectivity index (χ2v) is 7.24. The van der Waals surface area contributed by atoms with Crippen molar-refractivity contribution < 1.29 is 14.8 Å². The van der Waals surface area contributed by atoms with Gasteiger partial charge in [0.05, 0.1) is 17.7 Å². The summed E-state index contributed by atoms with van der Waals surface area (Å²) in [6.07, 6.45) is 10.6. The summed E-state index contributed by atoms with van der Waals surface area (Å²) in [5.41, 5.74) is 3.34. The van der Waals surface area contributed by atoms with Crippen molar-refractivity contribution >= 4 is 11.8 Å². The Kier molecular flexibility index (Phi) is 5.86. The summed E-state index contributed by atoms with van der Waals surface area (Å²) in [7, 11) is 0. The van der Waals surface area contributed by atoms with Crippen LogP contribution in [0, 0.1) is 5.41 Å². The van der Waals surface area contributed by atoms with Crippen molar-refractivity contribution in [2.75, 3.05) is 6.54 Å². The van der Waals surface area contributed by atoms with Crippen LogP contribution in [0.15, 0.2) is 60.3 Å². The van der Waals surface area contributed by atoms with Gasteiger partial charge in [0.15, 0.2) is 0 Å². The van der Waals surface area contributed by atoms with Gasteiger partial charge in [0.2, 0.25) is 5.91 Å². The summed E-state index contributed by atoms with van der Waals surface area (Å²) in [5.74, 6) is -0.367. The number of pyridine rings is 1. The third-order valence-corrected chi connectivity index (χ3v) is 5.33. The van der Waals surface area contributed by atoms with E-state index in [0.717, 1.165) is 37.1 Å². The van der Waals surface area contributed by atoms with Crippen LogP contribution < -0.4 is 5.48 Å². The van der Waals surface area contributed by atoms with E-state index in [1.165, 1.54) is 0 Å². The minimum atomic E-state index is -0.534. The topological polar surface area (TPSA) is 82.5 Å². The van der Waals surface area contributed by atoms with E-state index in [1.54, 1.807) is 29.9 Å². The predicted octanol–water partition coefficient (Wildman–Crippen LogP) is 2.92. The number of hydroxylamine groups is 1. The Morgan fingerprint density at radius 3 is 2.93 bits per heavy atom. The summed E-state index contributed by atoms with van der Waals surface area (Å²) >= 11 is 0. The molecule has 1 saturated heterocycles. The quantitative estimate of drug-likeness (QED) is 0.636. The summed E-state index contributed by atoms with van der Waals surface area (Å²) in [6, 6.07) is 5.74. The number of allylic oxidation sites excluding steroid dienone is 3. The molecular weight excluding hydrogens is 342 g/mol. The molecule has 0 saturated carbocycles. The van der Waals surface area contributed by atoms with E-state index < -0.39 is 11.3 Å². The molecule has 1 aliphatic heterocycles. The second kappa shape index (κ2) is 8.31. The van der Waals surface area contributed by atoms with Crippen molar-refractivity contribution in [3.05, 3.63) is 66.0 Å². The highest BCUT2D eigenvalue weighted by Gasteiger charge is 2.45.